The maximum atomic E-state index is 9.89. The summed E-state index contributed by atoms with van der Waals surface area (Å²) < 4.78 is 0. The molecule has 0 radical (unpaired) electrons. The van der Waals surface area contributed by atoms with Gasteiger partial charge in [-0.3, -0.25) is 4.98 Å². The van der Waals surface area contributed by atoms with Gasteiger partial charge in [-0.1, -0.05) is 18.2 Å². The molecular formula is C13H15NO3. The SMILES string of the molecule is OCCC(O)C(O)c1ccc2cccnc2c1. The first-order chi connectivity index (χ1) is 8.22. The van der Waals surface area contributed by atoms with Crippen LogP contribution in [-0.2, 0) is 0 Å². The number of pyridine rings is 1. The number of nitrogens with zero attached hydrogens (tertiary/aromatic N) is 1. The van der Waals surface area contributed by atoms with E-state index in [-0.39, 0.29) is 13.0 Å². The summed E-state index contributed by atoms with van der Waals surface area (Å²) >= 11 is 0. The summed E-state index contributed by atoms with van der Waals surface area (Å²) in [5.74, 6) is 0. The highest BCUT2D eigenvalue weighted by Gasteiger charge is 2.17. The van der Waals surface area contributed by atoms with Crippen molar-refractivity contribution in [2.24, 2.45) is 0 Å². The molecule has 0 aliphatic carbocycles. The molecule has 0 aliphatic heterocycles. The standard InChI is InChI=1S/C13H15NO3/c15-7-5-12(16)13(17)10-4-3-9-2-1-6-14-11(9)8-10/h1-4,6,8,12-13,15-17H,5,7H2. The fourth-order valence-electron chi connectivity index (χ4n) is 1.78. The van der Waals surface area contributed by atoms with Crippen molar-refractivity contribution in [3.63, 3.8) is 0 Å². The first-order valence-corrected chi connectivity index (χ1v) is 5.54. The van der Waals surface area contributed by atoms with Crippen LogP contribution in [0.1, 0.15) is 18.1 Å². The van der Waals surface area contributed by atoms with E-state index in [1.807, 2.05) is 18.2 Å². The van der Waals surface area contributed by atoms with Gasteiger partial charge in [-0.25, -0.2) is 0 Å². The third-order valence-corrected chi connectivity index (χ3v) is 2.76. The van der Waals surface area contributed by atoms with Crippen molar-refractivity contribution in [1.29, 1.82) is 0 Å². The molecule has 2 rings (SSSR count). The lowest BCUT2D eigenvalue weighted by atomic mass is 10.0. The molecule has 0 saturated heterocycles. The van der Waals surface area contributed by atoms with Crippen molar-refractivity contribution >= 4 is 10.9 Å². The summed E-state index contributed by atoms with van der Waals surface area (Å²) in [7, 11) is 0. The zero-order valence-electron chi connectivity index (χ0n) is 9.32. The molecule has 1 aromatic carbocycles. The van der Waals surface area contributed by atoms with E-state index in [4.69, 9.17) is 5.11 Å². The van der Waals surface area contributed by atoms with Crippen molar-refractivity contribution < 1.29 is 15.3 Å². The van der Waals surface area contributed by atoms with Crippen LogP contribution in [0.15, 0.2) is 36.5 Å². The fraction of sp³-hybridized carbons (Fsp3) is 0.308. The van der Waals surface area contributed by atoms with Crippen LogP contribution in [0.3, 0.4) is 0 Å². The molecule has 0 fully saturated rings. The highest BCUT2D eigenvalue weighted by Crippen LogP contribution is 2.22. The Balaban J connectivity index is 2.29. The smallest absolute Gasteiger partial charge is 0.105 e. The van der Waals surface area contributed by atoms with Gasteiger partial charge in [-0.2, -0.15) is 0 Å². The molecule has 0 aliphatic rings. The molecule has 1 aromatic heterocycles. The average Bonchev–Trinajstić information content (AvgIpc) is 2.37. The third kappa shape index (κ3) is 2.61. The van der Waals surface area contributed by atoms with Crippen LogP contribution >= 0.6 is 0 Å². The highest BCUT2D eigenvalue weighted by atomic mass is 16.3. The molecule has 90 valence electrons. The summed E-state index contributed by atoms with van der Waals surface area (Å²) in [5.41, 5.74) is 1.39. The van der Waals surface area contributed by atoms with E-state index in [2.05, 4.69) is 4.98 Å². The van der Waals surface area contributed by atoms with E-state index in [1.54, 1.807) is 18.3 Å². The van der Waals surface area contributed by atoms with E-state index in [1.165, 1.54) is 0 Å². The number of hydrogen-bond donors (Lipinski definition) is 3. The molecule has 2 aromatic rings. The maximum absolute atomic E-state index is 9.89. The highest BCUT2D eigenvalue weighted by molar-refractivity contribution is 5.78. The van der Waals surface area contributed by atoms with E-state index in [9.17, 15) is 10.2 Å². The molecule has 17 heavy (non-hydrogen) atoms. The Hall–Kier alpha value is -1.49. The maximum Gasteiger partial charge on any atom is 0.105 e. The average molecular weight is 233 g/mol. The van der Waals surface area contributed by atoms with Gasteiger partial charge >= 0.3 is 0 Å². The molecule has 2 unspecified atom stereocenters. The van der Waals surface area contributed by atoms with Gasteiger partial charge in [0.2, 0.25) is 0 Å². The molecule has 0 spiro atoms. The number of aliphatic hydroxyl groups is 3. The van der Waals surface area contributed by atoms with Gasteiger partial charge < -0.3 is 15.3 Å². The van der Waals surface area contributed by atoms with Crippen LogP contribution in [0.4, 0.5) is 0 Å². The lowest BCUT2D eigenvalue weighted by Crippen LogP contribution is -2.19. The molecule has 0 amide bonds. The molecule has 1 heterocycles. The van der Waals surface area contributed by atoms with Crippen molar-refractivity contribution in [2.45, 2.75) is 18.6 Å². The van der Waals surface area contributed by atoms with Crippen molar-refractivity contribution in [3.8, 4) is 0 Å². The van der Waals surface area contributed by atoms with Crippen molar-refractivity contribution in [2.75, 3.05) is 6.61 Å². The Morgan fingerprint density at radius 3 is 2.76 bits per heavy atom. The van der Waals surface area contributed by atoms with Crippen LogP contribution in [0, 0.1) is 0 Å². The predicted octanol–water partition coefficient (Wildman–Crippen LogP) is 1.01. The molecule has 4 heteroatoms. The van der Waals surface area contributed by atoms with E-state index < -0.39 is 12.2 Å². The number of aromatic nitrogens is 1. The van der Waals surface area contributed by atoms with E-state index in [0.29, 0.717) is 5.56 Å². The minimum absolute atomic E-state index is 0.149. The topological polar surface area (TPSA) is 73.6 Å². The number of benzene rings is 1. The lowest BCUT2D eigenvalue weighted by molar-refractivity contribution is 0.00428. The second-order valence-electron chi connectivity index (χ2n) is 3.98. The second-order valence-corrected chi connectivity index (χ2v) is 3.98. The third-order valence-electron chi connectivity index (χ3n) is 2.76. The molecule has 4 nitrogen and oxygen atoms in total. The fourth-order valence-corrected chi connectivity index (χ4v) is 1.78. The Labute approximate surface area is 99.2 Å². The lowest BCUT2D eigenvalue weighted by Gasteiger charge is -2.17. The number of fused-ring (bicyclic) bond motifs is 1. The number of aliphatic hydroxyl groups excluding tert-OH is 3. The first-order valence-electron chi connectivity index (χ1n) is 5.54. The van der Waals surface area contributed by atoms with Crippen molar-refractivity contribution in [1.82, 2.24) is 4.98 Å². The van der Waals surface area contributed by atoms with Crippen LogP contribution in [0.25, 0.3) is 10.9 Å². The molecule has 0 bridgehead atoms. The molecule has 0 saturated carbocycles. The van der Waals surface area contributed by atoms with Gasteiger partial charge in [-0.05, 0) is 24.1 Å². The minimum atomic E-state index is -0.992. The van der Waals surface area contributed by atoms with Gasteiger partial charge in [0.15, 0.2) is 0 Å². The molecule has 3 N–H and O–H groups in total. The molecular weight excluding hydrogens is 218 g/mol. The van der Waals surface area contributed by atoms with Crippen LogP contribution in [-0.4, -0.2) is 33.0 Å². The van der Waals surface area contributed by atoms with Crippen LogP contribution < -0.4 is 0 Å². The van der Waals surface area contributed by atoms with Crippen LogP contribution in [0.5, 0.6) is 0 Å². The monoisotopic (exact) mass is 233 g/mol. The van der Waals surface area contributed by atoms with Gasteiger partial charge in [0.25, 0.3) is 0 Å². The minimum Gasteiger partial charge on any atom is -0.396 e. The quantitative estimate of drug-likeness (QED) is 0.737. The Morgan fingerprint density at radius 2 is 2.00 bits per heavy atom. The van der Waals surface area contributed by atoms with E-state index >= 15 is 0 Å². The van der Waals surface area contributed by atoms with Gasteiger partial charge in [-0.15, -0.1) is 0 Å². The zero-order chi connectivity index (χ0) is 12.3. The predicted molar refractivity (Wildman–Crippen MR) is 64.4 cm³/mol. The second kappa shape index (κ2) is 5.23. The Morgan fingerprint density at radius 1 is 1.18 bits per heavy atom. The van der Waals surface area contributed by atoms with Gasteiger partial charge in [0, 0.05) is 18.2 Å². The van der Waals surface area contributed by atoms with Crippen molar-refractivity contribution in [3.05, 3.63) is 42.1 Å². The van der Waals surface area contributed by atoms with Gasteiger partial charge in [0.05, 0.1) is 11.6 Å². The summed E-state index contributed by atoms with van der Waals surface area (Å²) in [6.07, 6.45) is -0.112. The normalized spacial score (nSPS) is 14.8. The zero-order valence-corrected chi connectivity index (χ0v) is 9.32. The Kier molecular flexibility index (Phi) is 3.68. The summed E-state index contributed by atoms with van der Waals surface area (Å²) in [4.78, 5) is 4.19. The first kappa shape index (κ1) is 12.0. The Bertz CT molecular complexity index is 501. The summed E-state index contributed by atoms with van der Waals surface area (Å²) in [6.45, 7) is -0.149. The van der Waals surface area contributed by atoms with Crippen LogP contribution in [0.2, 0.25) is 0 Å². The van der Waals surface area contributed by atoms with Gasteiger partial charge in [0.1, 0.15) is 6.10 Å². The summed E-state index contributed by atoms with van der Waals surface area (Å²) in [6, 6.07) is 9.14. The van der Waals surface area contributed by atoms with E-state index in [0.717, 1.165) is 10.9 Å². The molecule has 2 atom stereocenters. The number of rotatable bonds is 4. The largest absolute Gasteiger partial charge is 0.396 e. The summed E-state index contributed by atoms with van der Waals surface area (Å²) in [5, 5.41) is 29.2. The number of hydrogen-bond acceptors (Lipinski definition) is 4.